The Labute approximate surface area is 68.3 Å². The highest BCUT2D eigenvalue weighted by Gasteiger charge is 1.97. The maximum absolute atomic E-state index is 10.9. The zero-order valence-electron chi connectivity index (χ0n) is 6.57. The number of aromatic nitrogens is 2. The molecule has 4 heteroatoms. The average molecular weight is 170 g/mol. The molecule has 1 rings (SSSR count). The van der Waals surface area contributed by atoms with Crippen LogP contribution in [0, 0.1) is 0 Å². The highest BCUT2D eigenvalue weighted by Crippen LogP contribution is 2.00. The van der Waals surface area contributed by atoms with Gasteiger partial charge in [0.25, 0.3) is 0 Å². The third-order valence-electron chi connectivity index (χ3n) is 1.33. The SMILES string of the molecule is CCc1ncc(S(C)=O)cn1. The van der Waals surface area contributed by atoms with Crippen LogP contribution >= 0.6 is 0 Å². The lowest BCUT2D eigenvalue weighted by atomic mass is 10.4. The summed E-state index contributed by atoms with van der Waals surface area (Å²) in [6.45, 7) is 1.98. The first-order chi connectivity index (χ1) is 5.24. The molecule has 0 saturated heterocycles. The number of aryl methyl sites for hydroxylation is 1. The lowest BCUT2D eigenvalue weighted by Crippen LogP contribution is -1.95. The molecule has 0 aliphatic rings. The van der Waals surface area contributed by atoms with E-state index in [4.69, 9.17) is 0 Å². The summed E-state index contributed by atoms with van der Waals surface area (Å²) in [7, 11) is -0.964. The average Bonchev–Trinajstić information content (AvgIpc) is 2.05. The quantitative estimate of drug-likeness (QED) is 0.658. The van der Waals surface area contributed by atoms with Crippen molar-refractivity contribution >= 4 is 10.8 Å². The molecule has 0 bridgehead atoms. The molecule has 3 nitrogen and oxygen atoms in total. The van der Waals surface area contributed by atoms with Gasteiger partial charge in [0.2, 0.25) is 0 Å². The number of hydrogen-bond acceptors (Lipinski definition) is 3. The second-order valence-electron chi connectivity index (χ2n) is 2.14. The minimum atomic E-state index is -0.964. The molecule has 1 aromatic rings. The fourth-order valence-corrected chi connectivity index (χ4v) is 1.08. The first-order valence-electron chi connectivity index (χ1n) is 3.38. The van der Waals surface area contributed by atoms with Gasteiger partial charge in [-0.05, 0) is 0 Å². The van der Waals surface area contributed by atoms with Gasteiger partial charge in [-0.2, -0.15) is 0 Å². The summed E-state index contributed by atoms with van der Waals surface area (Å²) >= 11 is 0. The summed E-state index contributed by atoms with van der Waals surface area (Å²) in [5, 5.41) is 0. The van der Waals surface area contributed by atoms with Crippen LogP contribution in [-0.2, 0) is 17.2 Å². The van der Waals surface area contributed by atoms with Crippen molar-refractivity contribution in [1.29, 1.82) is 0 Å². The van der Waals surface area contributed by atoms with E-state index in [-0.39, 0.29) is 0 Å². The van der Waals surface area contributed by atoms with Gasteiger partial charge in [-0.3, -0.25) is 4.21 Å². The zero-order chi connectivity index (χ0) is 8.27. The topological polar surface area (TPSA) is 42.9 Å². The summed E-state index contributed by atoms with van der Waals surface area (Å²) in [5.41, 5.74) is 0. The van der Waals surface area contributed by atoms with Gasteiger partial charge in [0.15, 0.2) is 0 Å². The fourth-order valence-electron chi connectivity index (χ4n) is 0.674. The van der Waals surface area contributed by atoms with E-state index in [1.807, 2.05) is 6.92 Å². The minimum absolute atomic E-state index is 0.683. The molecular formula is C7H10N2OS. The van der Waals surface area contributed by atoms with E-state index in [1.54, 1.807) is 18.6 Å². The Kier molecular flexibility index (Phi) is 2.70. The molecule has 1 unspecified atom stereocenters. The second kappa shape index (κ2) is 3.57. The highest BCUT2D eigenvalue weighted by molar-refractivity contribution is 7.84. The van der Waals surface area contributed by atoms with Crippen molar-refractivity contribution < 1.29 is 4.21 Å². The highest BCUT2D eigenvalue weighted by atomic mass is 32.2. The summed E-state index contributed by atoms with van der Waals surface area (Å²) < 4.78 is 10.9. The fraction of sp³-hybridized carbons (Fsp3) is 0.429. The molecule has 0 saturated carbocycles. The van der Waals surface area contributed by atoms with Crippen LogP contribution < -0.4 is 0 Å². The molecule has 0 N–H and O–H groups in total. The first-order valence-corrected chi connectivity index (χ1v) is 4.94. The molecular weight excluding hydrogens is 160 g/mol. The summed E-state index contributed by atoms with van der Waals surface area (Å²) in [6.07, 6.45) is 5.66. The lowest BCUT2D eigenvalue weighted by Gasteiger charge is -1.95. The number of hydrogen-bond donors (Lipinski definition) is 0. The van der Waals surface area contributed by atoms with Gasteiger partial charge < -0.3 is 0 Å². The van der Waals surface area contributed by atoms with Crippen molar-refractivity contribution in [3.8, 4) is 0 Å². The van der Waals surface area contributed by atoms with Gasteiger partial charge in [-0.25, -0.2) is 9.97 Å². The molecule has 1 heterocycles. The van der Waals surface area contributed by atoms with E-state index in [1.165, 1.54) is 0 Å². The van der Waals surface area contributed by atoms with Crippen LogP contribution in [0.5, 0.6) is 0 Å². The zero-order valence-corrected chi connectivity index (χ0v) is 7.39. The number of rotatable bonds is 2. The normalized spacial score (nSPS) is 12.9. The molecule has 0 fully saturated rings. The molecule has 0 spiro atoms. The third-order valence-corrected chi connectivity index (χ3v) is 2.20. The van der Waals surface area contributed by atoms with Crippen LogP contribution in [0.4, 0.5) is 0 Å². The molecule has 0 aromatic carbocycles. The van der Waals surface area contributed by atoms with Crippen molar-refractivity contribution in [3.05, 3.63) is 18.2 Å². The third kappa shape index (κ3) is 2.08. The van der Waals surface area contributed by atoms with Gasteiger partial charge in [-0.15, -0.1) is 0 Å². The molecule has 1 atom stereocenters. The largest absolute Gasteiger partial charge is 0.255 e. The van der Waals surface area contributed by atoms with Gasteiger partial charge in [0, 0.05) is 25.1 Å². The van der Waals surface area contributed by atoms with E-state index in [2.05, 4.69) is 9.97 Å². The molecule has 0 amide bonds. The van der Waals surface area contributed by atoms with Gasteiger partial charge in [0.1, 0.15) is 5.82 Å². The smallest absolute Gasteiger partial charge is 0.128 e. The van der Waals surface area contributed by atoms with Crippen molar-refractivity contribution in [1.82, 2.24) is 9.97 Å². The van der Waals surface area contributed by atoms with Crippen LogP contribution in [0.2, 0.25) is 0 Å². The summed E-state index contributed by atoms with van der Waals surface area (Å²) in [5.74, 6) is 0.791. The van der Waals surface area contributed by atoms with E-state index in [0.29, 0.717) is 4.90 Å². The monoisotopic (exact) mass is 170 g/mol. The van der Waals surface area contributed by atoms with Crippen LogP contribution in [0.1, 0.15) is 12.7 Å². The Morgan fingerprint density at radius 1 is 1.45 bits per heavy atom. The van der Waals surface area contributed by atoms with Crippen LogP contribution in [0.3, 0.4) is 0 Å². The minimum Gasteiger partial charge on any atom is -0.255 e. The predicted octanol–water partition coefficient (Wildman–Crippen LogP) is 0.776. The molecule has 0 aliphatic carbocycles. The number of nitrogens with zero attached hydrogens (tertiary/aromatic N) is 2. The lowest BCUT2D eigenvalue weighted by molar-refractivity contribution is 0.685. The Morgan fingerprint density at radius 3 is 2.36 bits per heavy atom. The Morgan fingerprint density at radius 2 is 2.00 bits per heavy atom. The molecule has 60 valence electrons. The van der Waals surface area contributed by atoms with Crippen LogP contribution in [0.15, 0.2) is 17.3 Å². The van der Waals surface area contributed by atoms with E-state index in [9.17, 15) is 4.21 Å². The molecule has 0 aliphatic heterocycles. The second-order valence-corrected chi connectivity index (χ2v) is 3.52. The van der Waals surface area contributed by atoms with E-state index >= 15 is 0 Å². The van der Waals surface area contributed by atoms with Crippen LogP contribution in [-0.4, -0.2) is 20.4 Å². The van der Waals surface area contributed by atoms with Crippen molar-refractivity contribution in [2.75, 3.05) is 6.26 Å². The van der Waals surface area contributed by atoms with Crippen molar-refractivity contribution in [2.45, 2.75) is 18.2 Å². The van der Waals surface area contributed by atoms with Crippen molar-refractivity contribution in [2.24, 2.45) is 0 Å². The maximum Gasteiger partial charge on any atom is 0.128 e. The molecule has 11 heavy (non-hydrogen) atoms. The Bertz CT molecular complexity index is 258. The Balaban J connectivity index is 2.91. The first kappa shape index (κ1) is 8.33. The molecule has 1 aromatic heterocycles. The summed E-state index contributed by atoms with van der Waals surface area (Å²) in [6, 6.07) is 0. The molecule has 0 radical (unpaired) electrons. The standard InChI is InChI=1S/C7H10N2OS/c1-3-7-8-4-6(5-9-7)11(2)10/h4-5H,3H2,1-2H3. The summed E-state index contributed by atoms with van der Waals surface area (Å²) in [4.78, 5) is 8.71. The Hall–Kier alpha value is -0.770. The van der Waals surface area contributed by atoms with Gasteiger partial charge in [-0.1, -0.05) is 6.92 Å². The van der Waals surface area contributed by atoms with Gasteiger partial charge in [0.05, 0.1) is 15.7 Å². The van der Waals surface area contributed by atoms with E-state index < -0.39 is 10.8 Å². The van der Waals surface area contributed by atoms with Gasteiger partial charge >= 0.3 is 0 Å². The maximum atomic E-state index is 10.9. The van der Waals surface area contributed by atoms with Crippen LogP contribution in [0.25, 0.3) is 0 Å². The van der Waals surface area contributed by atoms with Crippen molar-refractivity contribution in [3.63, 3.8) is 0 Å². The predicted molar refractivity (Wildman–Crippen MR) is 43.7 cm³/mol. The van der Waals surface area contributed by atoms with E-state index in [0.717, 1.165) is 12.2 Å².